The van der Waals surface area contributed by atoms with Crippen molar-refractivity contribution in [3.05, 3.63) is 39.9 Å². The number of nitro groups is 1. The van der Waals surface area contributed by atoms with E-state index in [1.165, 1.54) is 24.3 Å². The Morgan fingerprint density at radius 2 is 1.86 bits per heavy atom. The number of esters is 1. The Kier molecular flexibility index (Phi) is 8.43. The van der Waals surface area contributed by atoms with Gasteiger partial charge in [0.25, 0.3) is 11.6 Å². The summed E-state index contributed by atoms with van der Waals surface area (Å²) in [6.07, 6.45) is 0.756. The monoisotopic (exact) mass is 433 g/mol. The van der Waals surface area contributed by atoms with Crippen LogP contribution in [0.25, 0.3) is 0 Å². The number of amides is 1. The molecule has 0 radical (unpaired) electrons. The molecule has 0 spiro atoms. The predicted molar refractivity (Wildman–Crippen MR) is 102 cm³/mol. The highest BCUT2D eigenvalue weighted by Crippen LogP contribution is 2.21. The van der Waals surface area contributed by atoms with Crippen molar-refractivity contribution >= 4 is 40.8 Å². The minimum Gasteiger partial charge on any atom is -0.462 e. The Morgan fingerprint density at radius 1 is 1.25 bits per heavy atom. The summed E-state index contributed by atoms with van der Waals surface area (Å²) in [4.78, 5) is 34.6. The normalized spacial score (nSPS) is 16.6. The van der Waals surface area contributed by atoms with E-state index in [0.29, 0.717) is 5.56 Å². The first-order valence-corrected chi connectivity index (χ1v) is 9.54. The first-order chi connectivity index (χ1) is 13.3. The van der Waals surface area contributed by atoms with Crippen molar-refractivity contribution in [2.45, 2.75) is 29.8 Å². The number of hydrogen-bond donors (Lipinski definition) is 2. The number of aliphatic hydroxyl groups excluding tert-OH is 1. The van der Waals surface area contributed by atoms with Crippen molar-refractivity contribution in [2.24, 2.45) is 0 Å². The highest BCUT2D eigenvalue weighted by molar-refractivity contribution is 6.53. The van der Waals surface area contributed by atoms with E-state index in [0.717, 1.165) is 25.9 Å². The highest BCUT2D eigenvalue weighted by atomic mass is 35.5. The molecule has 11 heteroatoms. The van der Waals surface area contributed by atoms with Crippen LogP contribution in [0.2, 0.25) is 0 Å². The van der Waals surface area contributed by atoms with Crippen LogP contribution in [0.4, 0.5) is 5.69 Å². The molecule has 2 N–H and O–H groups in total. The second kappa shape index (κ2) is 10.6. The van der Waals surface area contributed by atoms with Gasteiger partial charge in [-0.25, -0.2) is 0 Å². The SMILES string of the molecule is O=C(CN1CCCC1)OC[C@@H](NC(=O)C(Cl)Cl)[C@H](O)c1ccc([N+](=O)[O-])cc1. The predicted octanol–water partition coefficient (Wildman–Crippen LogP) is 1.56. The van der Waals surface area contributed by atoms with Crippen LogP contribution in [0.15, 0.2) is 24.3 Å². The molecular weight excluding hydrogens is 413 g/mol. The molecule has 9 nitrogen and oxygen atoms in total. The largest absolute Gasteiger partial charge is 0.462 e. The van der Waals surface area contributed by atoms with Gasteiger partial charge in [0.1, 0.15) is 12.7 Å². The van der Waals surface area contributed by atoms with Crippen LogP contribution in [0.1, 0.15) is 24.5 Å². The number of alkyl halides is 2. The zero-order valence-corrected chi connectivity index (χ0v) is 16.4. The number of nitrogens with one attached hydrogen (secondary N) is 1. The topological polar surface area (TPSA) is 122 Å². The molecule has 0 unspecified atom stereocenters. The number of halogens is 2. The van der Waals surface area contributed by atoms with Crippen LogP contribution in [-0.4, -0.2) is 63.9 Å². The van der Waals surface area contributed by atoms with Gasteiger partial charge < -0.3 is 15.2 Å². The summed E-state index contributed by atoms with van der Waals surface area (Å²) in [5.41, 5.74) is 0.155. The standard InChI is InChI=1S/C17H21Cl2N3O6/c18-16(19)17(25)20-13(10-28-14(23)9-21-7-1-2-8-21)15(24)11-3-5-12(6-4-11)22(26)27/h3-6,13,15-16,24H,1-2,7-10H2,(H,20,25)/t13-,15-/m1/s1. The van der Waals surface area contributed by atoms with Gasteiger partial charge in [-0.3, -0.25) is 24.6 Å². The van der Waals surface area contributed by atoms with E-state index in [1.54, 1.807) is 0 Å². The van der Waals surface area contributed by atoms with Crippen molar-refractivity contribution in [3.63, 3.8) is 0 Å². The maximum absolute atomic E-state index is 12.0. The van der Waals surface area contributed by atoms with Crippen LogP contribution in [0.3, 0.4) is 0 Å². The van der Waals surface area contributed by atoms with Gasteiger partial charge in [0.05, 0.1) is 17.5 Å². The third-order valence-electron chi connectivity index (χ3n) is 4.33. The van der Waals surface area contributed by atoms with E-state index in [4.69, 9.17) is 27.9 Å². The first kappa shape index (κ1) is 22.4. The molecule has 0 aliphatic carbocycles. The number of nitrogens with zero attached hydrogens (tertiary/aromatic N) is 2. The molecule has 1 aromatic rings. The molecular formula is C17H21Cl2N3O6. The fourth-order valence-electron chi connectivity index (χ4n) is 2.83. The number of benzene rings is 1. The maximum atomic E-state index is 12.0. The van der Waals surface area contributed by atoms with Gasteiger partial charge in [0.2, 0.25) is 0 Å². The zero-order chi connectivity index (χ0) is 20.7. The lowest BCUT2D eigenvalue weighted by Crippen LogP contribution is -2.45. The highest BCUT2D eigenvalue weighted by Gasteiger charge is 2.27. The molecule has 1 aromatic carbocycles. The summed E-state index contributed by atoms with van der Waals surface area (Å²) >= 11 is 11.1. The molecule has 1 saturated heterocycles. The van der Waals surface area contributed by atoms with E-state index >= 15 is 0 Å². The second-order valence-electron chi connectivity index (χ2n) is 6.38. The number of nitro benzene ring substituents is 1. The number of carbonyl (C=O) groups excluding carboxylic acids is 2. The van der Waals surface area contributed by atoms with Gasteiger partial charge in [0, 0.05) is 12.1 Å². The molecule has 28 heavy (non-hydrogen) atoms. The van der Waals surface area contributed by atoms with E-state index in [9.17, 15) is 24.8 Å². The van der Waals surface area contributed by atoms with Crippen molar-refractivity contribution < 1.29 is 24.4 Å². The Labute approximate surface area is 171 Å². The summed E-state index contributed by atoms with van der Waals surface area (Å²) in [5, 5.41) is 23.7. The average Bonchev–Trinajstić information content (AvgIpc) is 3.17. The summed E-state index contributed by atoms with van der Waals surface area (Å²) in [6, 6.07) is 4.13. The number of carbonyl (C=O) groups is 2. The summed E-state index contributed by atoms with van der Waals surface area (Å²) in [7, 11) is 0. The molecule has 0 bridgehead atoms. The lowest BCUT2D eigenvalue weighted by molar-refractivity contribution is -0.384. The number of aliphatic hydroxyl groups is 1. The molecule has 154 valence electrons. The van der Waals surface area contributed by atoms with E-state index < -0.39 is 33.8 Å². The number of non-ortho nitro benzene ring substituents is 1. The fraction of sp³-hybridized carbons (Fsp3) is 0.529. The number of rotatable bonds is 9. The zero-order valence-electron chi connectivity index (χ0n) is 14.9. The Balaban J connectivity index is 2.03. The van der Waals surface area contributed by atoms with Gasteiger partial charge in [-0.05, 0) is 43.6 Å². The Bertz CT molecular complexity index is 695. The van der Waals surface area contributed by atoms with Crippen molar-refractivity contribution in [1.29, 1.82) is 0 Å². The third kappa shape index (κ3) is 6.59. The van der Waals surface area contributed by atoms with Crippen molar-refractivity contribution in [2.75, 3.05) is 26.2 Å². The quantitative estimate of drug-likeness (QED) is 0.262. The molecule has 1 fully saturated rings. The maximum Gasteiger partial charge on any atom is 0.320 e. The lowest BCUT2D eigenvalue weighted by Gasteiger charge is -2.25. The lowest BCUT2D eigenvalue weighted by atomic mass is 10.0. The van der Waals surface area contributed by atoms with Gasteiger partial charge in [-0.1, -0.05) is 23.2 Å². The minimum absolute atomic E-state index is 0.127. The van der Waals surface area contributed by atoms with Crippen LogP contribution in [0.5, 0.6) is 0 Å². The smallest absolute Gasteiger partial charge is 0.320 e. The molecule has 2 atom stereocenters. The second-order valence-corrected chi connectivity index (χ2v) is 7.47. The summed E-state index contributed by atoms with van der Waals surface area (Å²) in [6.45, 7) is 1.46. The summed E-state index contributed by atoms with van der Waals surface area (Å²) < 4.78 is 5.20. The van der Waals surface area contributed by atoms with Gasteiger partial charge in [-0.15, -0.1) is 0 Å². The Hall–Kier alpha value is -1.94. The van der Waals surface area contributed by atoms with E-state index in [1.807, 2.05) is 4.90 Å². The number of ether oxygens (including phenoxy) is 1. The number of likely N-dealkylation sites (tertiary alicyclic amines) is 1. The molecule has 1 heterocycles. The van der Waals surface area contributed by atoms with Crippen LogP contribution >= 0.6 is 23.2 Å². The van der Waals surface area contributed by atoms with Crippen molar-refractivity contribution in [1.82, 2.24) is 10.2 Å². The fourth-order valence-corrected chi connectivity index (χ4v) is 2.96. The van der Waals surface area contributed by atoms with Gasteiger partial charge in [0.15, 0.2) is 4.84 Å². The minimum atomic E-state index is -1.37. The van der Waals surface area contributed by atoms with Gasteiger partial charge >= 0.3 is 5.97 Å². The van der Waals surface area contributed by atoms with E-state index in [2.05, 4.69) is 5.32 Å². The number of hydrogen-bond acceptors (Lipinski definition) is 7. The molecule has 0 aromatic heterocycles. The molecule has 1 amide bonds. The van der Waals surface area contributed by atoms with E-state index in [-0.39, 0.29) is 18.8 Å². The summed E-state index contributed by atoms with van der Waals surface area (Å²) in [5.74, 6) is -1.24. The molecule has 2 rings (SSSR count). The Morgan fingerprint density at radius 3 is 2.39 bits per heavy atom. The van der Waals surface area contributed by atoms with Gasteiger partial charge in [-0.2, -0.15) is 0 Å². The average molecular weight is 434 g/mol. The van der Waals surface area contributed by atoms with Crippen LogP contribution in [-0.2, 0) is 14.3 Å². The molecule has 1 aliphatic heterocycles. The molecule has 1 aliphatic rings. The van der Waals surface area contributed by atoms with Crippen molar-refractivity contribution in [3.8, 4) is 0 Å². The van der Waals surface area contributed by atoms with Crippen LogP contribution < -0.4 is 5.32 Å². The van der Waals surface area contributed by atoms with Crippen LogP contribution in [0, 0.1) is 10.1 Å². The first-order valence-electron chi connectivity index (χ1n) is 8.67. The third-order valence-corrected chi connectivity index (χ3v) is 4.72. The molecule has 0 saturated carbocycles.